The van der Waals surface area contributed by atoms with Crippen molar-refractivity contribution in [1.82, 2.24) is 5.32 Å². The molecule has 0 aliphatic heterocycles. The van der Waals surface area contributed by atoms with E-state index in [-0.39, 0.29) is 0 Å². The Morgan fingerprint density at radius 2 is 2.00 bits per heavy atom. The molecule has 1 atom stereocenters. The van der Waals surface area contributed by atoms with E-state index in [1.807, 2.05) is 18.2 Å². The molecule has 0 bridgehead atoms. The zero-order chi connectivity index (χ0) is 12.1. The van der Waals surface area contributed by atoms with Gasteiger partial charge in [0.25, 0.3) is 0 Å². The summed E-state index contributed by atoms with van der Waals surface area (Å²) in [6, 6.07) is 5.88. The van der Waals surface area contributed by atoms with Gasteiger partial charge in [0.1, 0.15) is 0 Å². The van der Waals surface area contributed by atoms with Crippen LogP contribution in [0.25, 0.3) is 0 Å². The zero-order valence-corrected chi connectivity index (χ0v) is 12.4. The van der Waals surface area contributed by atoms with Gasteiger partial charge < -0.3 is 5.32 Å². The molecule has 1 aromatic carbocycles. The fourth-order valence-electron chi connectivity index (χ4n) is 1.35. The van der Waals surface area contributed by atoms with Gasteiger partial charge in [0.15, 0.2) is 0 Å². The monoisotopic (exact) mass is 303 g/mol. The molecule has 0 aromatic heterocycles. The maximum atomic E-state index is 5.96. The predicted octanol–water partition coefficient (Wildman–Crippen LogP) is 4.48. The average Bonchev–Trinajstić information content (AvgIpc) is 2.22. The Labute approximate surface area is 112 Å². The molecule has 0 aliphatic carbocycles. The van der Waals surface area contributed by atoms with Gasteiger partial charge in [-0.1, -0.05) is 48.3 Å². The van der Waals surface area contributed by atoms with E-state index >= 15 is 0 Å². The molecular weight excluding hydrogens is 286 g/mol. The van der Waals surface area contributed by atoms with E-state index in [2.05, 4.69) is 42.0 Å². The fraction of sp³-hybridized carbons (Fsp3) is 0.538. The van der Waals surface area contributed by atoms with E-state index in [4.69, 9.17) is 11.6 Å². The molecule has 16 heavy (non-hydrogen) atoms. The molecule has 1 N–H and O–H groups in total. The Morgan fingerprint density at radius 3 is 2.62 bits per heavy atom. The van der Waals surface area contributed by atoms with Gasteiger partial charge in [-0.15, -0.1) is 0 Å². The molecule has 1 nitrogen and oxygen atoms in total. The van der Waals surface area contributed by atoms with Crippen LogP contribution < -0.4 is 5.32 Å². The molecule has 1 unspecified atom stereocenters. The van der Waals surface area contributed by atoms with Gasteiger partial charge in [-0.05, 0) is 42.1 Å². The van der Waals surface area contributed by atoms with E-state index in [1.165, 1.54) is 5.56 Å². The lowest BCUT2D eigenvalue weighted by atomic mass is 9.98. The molecule has 0 amide bonds. The third-order valence-corrected chi connectivity index (χ3v) is 3.94. The van der Waals surface area contributed by atoms with Crippen molar-refractivity contribution in [3.05, 3.63) is 33.3 Å². The minimum absolute atomic E-state index is 0.693. The van der Waals surface area contributed by atoms with Crippen LogP contribution in [0, 0.1) is 11.8 Å². The summed E-state index contributed by atoms with van der Waals surface area (Å²) in [6.07, 6.45) is 0. The zero-order valence-electron chi connectivity index (χ0n) is 10.1. The number of nitrogens with one attached hydrogen (secondary N) is 1. The Morgan fingerprint density at radius 1 is 1.31 bits per heavy atom. The summed E-state index contributed by atoms with van der Waals surface area (Å²) in [7, 11) is 0. The molecule has 0 saturated carbocycles. The maximum Gasteiger partial charge on any atom is 0.0410 e. The van der Waals surface area contributed by atoms with E-state index in [0.29, 0.717) is 5.92 Å². The maximum absolute atomic E-state index is 5.96. The molecule has 0 heterocycles. The molecule has 90 valence electrons. The van der Waals surface area contributed by atoms with Crippen LogP contribution in [0.5, 0.6) is 0 Å². The first kappa shape index (κ1) is 14.0. The topological polar surface area (TPSA) is 12.0 Å². The number of halogens is 2. The quantitative estimate of drug-likeness (QED) is 0.845. The first-order valence-electron chi connectivity index (χ1n) is 5.65. The molecule has 1 rings (SSSR count). The lowest BCUT2D eigenvalue weighted by Crippen LogP contribution is -2.23. The number of hydrogen-bond donors (Lipinski definition) is 1. The largest absolute Gasteiger partial charge is 0.312 e. The summed E-state index contributed by atoms with van der Waals surface area (Å²) in [4.78, 5) is 0. The highest BCUT2D eigenvalue weighted by atomic mass is 79.9. The van der Waals surface area contributed by atoms with Crippen LogP contribution >= 0.6 is 27.5 Å². The second-order valence-corrected chi connectivity index (χ2v) is 5.88. The summed E-state index contributed by atoms with van der Waals surface area (Å²) >= 11 is 9.49. The summed E-state index contributed by atoms with van der Waals surface area (Å²) < 4.78 is 1.11. The molecule has 0 radical (unpaired) electrons. The SMILES string of the molecule is CC(C)C(C)CNCc1cc(Cl)ccc1Br. The first-order chi connectivity index (χ1) is 7.50. The first-order valence-corrected chi connectivity index (χ1v) is 6.82. The van der Waals surface area contributed by atoms with E-state index in [1.54, 1.807) is 0 Å². The third kappa shape index (κ3) is 4.44. The molecule has 0 fully saturated rings. The summed E-state index contributed by atoms with van der Waals surface area (Å²) in [5.41, 5.74) is 1.21. The summed E-state index contributed by atoms with van der Waals surface area (Å²) in [6.45, 7) is 8.67. The second kappa shape index (κ2) is 6.63. The molecular formula is C13H19BrClN. The van der Waals surface area contributed by atoms with E-state index in [0.717, 1.165) is 28.5 Å². The van der Waals surface area contributed by atoms with Crippen LogP contribution in [0.1, 0.15) is 26.3 Å². The summed E-state index contributed by atoms with van der Waals surface area (Å²) in [5.74, 6) is 1.41. The molecule has 0 saturated heterocycles. The van der Waals surface area contributed by atoms with Crippen LogP contribution in [0.2, 0.25) is 5.02 Å². The smallest absolute Gasteiger partial charge is 0.0410 e. The minimum atomic E-state index is 0.693. The Hall–Kier alpha value is -0.0500. The molecule has 0 spiro atoms. The van der Waals surface area contributed by atoms with Crippen molar-refractivity contribution >= 4 is 27.5 Å². The highest BCUT2D eigenvalue weighted by Crippen LogP contribution is 2.21. The fourth-order valence-corrected chi connectivity index (χ4v) is 1.93. The second-order valence-electron chi connectivity index (χ2n) is 4.59. The van der Waals surface area contributed by atoms with E-state index < -0.39 is 0 Å². The van der Waals surface area contributed by atoms with Crippen LogP contribution in [-0.2, 0) is 6.54 Å². The van der Waals surface area contributed by atoms with Gasteiger partial charge in [0, 0.05) is 16.0 Å². The molecule has 0 aliphatic rings. The summed E-state index contributed by atoms with van der Waals surface area (Å²) in [5, 5.41) is 4.25. The minimum Gasteiger partial charge on any atom is -0.312 e. The van der Waals surface area contributed by atoms with Crippen molar-refractivity contribution < 1.29 is 0 Å². The van der Waals surface area contributed by atoms with Crippen LogP contribution in [0.4, 0.5) is 0 Å². The number of rotatable bonds is 5. The molecule has 3 heteroatoms. The van der Waals surface area contributed by atoms with Crippen molar-refractivity contribution in [3.63, 3.8) is 0 Å². The number of benzene rings is 1. The van der Waals surface area contributed by atoms with Gasteiger partial charge in [-0.2, -0.15) is 0 Å². The third-order valence-electron chi connectivity index (χ3n) is 2.93. The Balaban J connectivity index is 2.45. The van der Waals surface area contributed by atoms with Gasteiger partial charge in [-0.3, -0.25) is 0 Å². The highest BCUT2D eigenvalue weighted by molar-refractivity contribution is 9.10. The Bertz CT molecular complexity index is 339. The lowest BCUT2D eigenvalue weighted by molar-refractivity contribution is 0.392. The van der Waals surface area contributed by atoms with Crippen LogP contribution in [0.3, 0.4) is 0 Å². The Kier molecular flexibility index (Phi) is 5.81. The van der Waals surface area contributed by atoms with Gasteiger partial charge in [0.2, 0.25) is 0 Å². The normalized spacial score (nSPS) is 13.1. The standard InChI is InChI=1S/C13H19BrClN/c1-9(2)10(3)7-16-8-11-6-12(15)4-5-13(11)14/h4-6,9-10,16H,7-8H2,1-3H3. The van der Waals surface area contributed by atoms with Crippen LogP contribution in [0.15, 0.2) is 22.7 Å². The van der Waals surface area contributed by atoms with Gasteiger partial charge >= 0.3 is 0 Å². The average molecular weight is 305 g/mol. The lowest BCUT2D eigenvalue weighted by Gasteiger charge is -2.16. The van der Waals surface area contributed by atoms with Crippen molar-refractivity contribution in [3.8, 4) is 0 Å². The van der Waals surface area contributed by atoms with Gasteiger partial charge in [0.05, 0.1) is 0 Å². The van der Waals surface area contributed by atoms with Crippen molar-refractivity contribution in [2.24, 2.45) is 11.8 Å². The highest BCUT2D eigenvalue weighted by Gasteiger charge is 2.07. The van der Waals surface area contributed by atoms with Crippen LogP contribution in [-0.4, -0.2) is 6.54 Å². The molecule has 1 aromatic rings. The van der Waals surface area contributed by atoms with Gasteiger partial charge in [-0.25, -0.2) is 0 Å². The predicted molar refractivity (Wildman–Crippen MR) is 74.9 cm³/mol. The van der Waals surface area contributed by atoms with Crippen molar-refractivity contribution in [2.45, 2.75) is 27.3 Å². The van der Waals surface area contributed by atoms with Crippen molar-refractivity contribution in [1.29, 1.82) is 0 Å². The van der Waals surface area contributed by atoms with Crippen molar-refractivity contribution in [2.75, 3.05) is 6.54 Å². The van der Waals surface area contributed by atoms with E-state index in [9.17, 15) is 0 Å². The number of hydrogen-bond acceptors (Lipinski definition) is 1.